The van der Waals surface area contributed by atoms with Crippen LogP contribution >= 0.6 is 0 Å². The second kappa shape index (κ2) is 8.73. The van der Waals surface area contributed by atoms with E-state index in [4.69, 9.17) is 0 Å². The molecule has 0 bridgehead atoms. The Morgan fingerprint density at radius 1 is 1.14 bits per heavy atom. The third-order valence-corrected chi connectivity index (χ3v) is 3.77. The van der Waals surface area contributed by atoms with Crippen molar-refractivity contribution in [1.82, 2.24) is 10.3 Å². The predicted octanol–water partition coefficient (Wildman–Crippen LogP) is 3.86. The maximum atomic E-state index is 13.3. The highest BCUT2D eigenvalue weighted by atomic mass is 19.3. The van der Waals surface area contributed by atoms with E-state index in [1.807, 2.05) is 0 Å². The van der Waals surface area contributed by atoms with E-state index >= 15 is 0 Å². The number of aromatic nitrogens is 1. The molecule has 2 rings (SSSR count). The summed E-state index contributed by atoms with van der Waals surface area (Å²) in [7, 11) is 0. The number of hydrogen-bond donors (Lipinski definition) is 2. The fourth-order valence-corrected chi connectivity index (χ4v) is 2.25. The van der Waals surface area contributed by atoms with Gasteiger partial charge in [-0.3, -0.25) is 9.59 Å². The number of ether oxygens (including phenoxy) is 1. The summed E-state index contributed by atoms with van der Waals surface area (Å²) >= 11 is 0. The van der Waals surface area contributed by atoms with Gasteiger partial charge >= 0.3 is 6.11 Å². The molecule has 6 nitrogen and oxygen atoms in total. The molecule has 0 fully saturated rings. The van der Waals surface area contributed by atoms with Gasteiger partial charge in [0.2, 0.25) is 12.1 Å². The Hall–Kier alpha value is -3.10. The molecule has 1 heterocycles. The van der Waals surface area contributed by atoms with Crippen LogP contribution in [0.25, 0.3) is 0 Å². The van der Waals surface area contributed by atoms with E-state index in [1.165, 1.54) is 49.5 Å². The van der Waals surface area contributed by atoms with Crippen LogP contribution in [0.15, 0.2) is 42.6 Å². The van der Waals surface area contributed by atoms with Gasteiger partial charge in [-0.25, -0.2) is 9.37 Å². The highest BCUT2D eigenvalue weighted by molar-refractivity contribution is 5.96. The molecule has 2 amide bonds. The lowest BCUT2D eigenvalue weighted by Crippen LogP contribution is -2.34. The molecule has 2 N–H and O–H groups in total. The normalized spacial score (nSPS) is 13.4. The zero-order valence-electron chi connectivity index (χ0n) is 15.5. The highest BCUT2D eigenvalue weighted by Gasteiger charge is 2.39. The summed E-state index contributed by atoms with van der Waals surface area (Å²) in [4.78, 5) is 27.4. The van der Waals surface area contributed by atoms with Crippen LogP contribution in [0.4, 0.5) is 19.0 Å². The fourth-order valence-electron chi connectivity index (χ4n) is 2.25. The molecule has 0 aliphatic heterocycles. The summed E-state index contributed by atoms with van der Waals surface area (Å²) in [5.74, 6) is -0.656. The quantitative estimate of drug-likeness (QED) is 0.746. The molecule has 0 aliphatic carbocycles. The number of halogens is 3. The van der Waals surface area contributed by atoms with Crippen molar-refractivity contribution in [2.45, 2.75) is 39.1 Å². The number of pyridine rings is 1. The molecule has 1 unspecified atom stereocenters. The molecule has 1 aromatic carbocycles. The first-order valence-corrected chi connectivity index (χ1v) is 8.44. The van der Waals surface area contributed by atoms with Crippen molar-refractivity contribution >= 4 is 17.6 Å². The Kier molecular flexibility index (Phi) is 6.61. The van der Waals surface area contributed by atoms with E-state index in [0.29, 0.717) is 18.1 Å². The smallest absolute Gasteiger partial charge is 0.429 e. The van der Waals surface area contributed by atoms with Crippen molar-refractivity contribution in [2.75, 3.05) is 5.32 Å². The minimum absolute atomic E-state index is 0.189. The topological polar surface area (TPSA) is 80.3 Å². The molecule has 0 aliphatic rings. The number of nitrogens with one attached hydrogen (secondary N) is 2. The maximum absolute atomic E-state index is 13.3. The largest absolute Gasteiger partial charge is 0.430 e. The first-order chi connectivity index (χ1) is 13.1. The molecule has 2 atom stereocenters. The van der Waals surface area contributed by atoms with Crippen LogP contribution in [0, 0.1) is 0 Å². The van der Waals surface area contributed by atoms with Crippen LogP contribution in [-0.2, 0) is 4.79 Å². The standard InChI is InChI=1S/C19H20F3N3O3/c1-11(14-4-6-16(7-5-14)28-19(21,22)12(2)20)24-18(27)15-8-9-23-17(10-15)25-13(3)26/h4-12H,1-3H3,(H,24,27)(H,23,25,26)/t11?,12-/m1/s1. The molecule has 9 heteroatoms. The van der Waals surface area contributed by atoms with Crippen molar-refractivity contribution < 1.29 is 27.5 Å². The Balaban J connectivity index is 2.03. The average Bonchev–Trinajstić information content (AvgIpc) is 2.61. The van der Waals surface area contributed by atoms with Crippen molar-refractivity contribution in [2.24, 2.45) is 0 Å². The van der Waals surface area contributed by atoms with E-state index < -0.39 is 24.2 Å². The lowest BCUT2D eigenvalue weighted by atomic mass is 10.1. The second-order valence-electron chi connectivity index (χ2n) is 6.15. The van der Waals surface area contributed by atoms with Crippen molar-refractivity contribution in [3.63, 3.8) is 0 Å². The summed E-state index contributed by atoms with van der Waals surface area (Å²) in [6.07, 6.45) is -4.98. The van der Waals surface area contributed by atoms with Crippen LogP contribution in [-0.4, -0.2) is 29.1 Å². The number of nitrogens with zero attached hydrogens (tertiary/aromatic N) is 1. The number of hydrogen-bond acceptors (Lipinski definition) is 4. The Bertz CT molecular complexity index is 842. The Morgan fingerprint density at radius 3 is 2.36 bits per heavy atom. The number of rotatable bonds is 7. The molecule has 2 aromatic rings. The number of benzene rings is 1. The highest BCUT2D eigenvalue weighted by Crippen LogP contribution is 2.27. The second-order valence-corrected chi connectivity index (χ2v) is 6.15. The van der Waals surface area contributed by atoms with Crippen LogP contribution in [0.2, 0.25) is 0 Å². The molecule has 150 valence electrons. The van der Waals surface area contributed by atoms with Gasteiger partial charge in [-0.1, -0.05) is 12.1 Å². The predicted molar refractivity (Wildman–Crippen MR) is 97.0 cm³/mol. The number of carbonyl (C=O) groups excluding carboxylic acids is 2. The first kappa shape index (κ1) is 21.2. The van der Waals surface area contributed by atoms with Gasteiger partial charge < -0.3 is 15.4 Å². The molecule has 0 saturated carbocycles. The molecule has 0 radical (unpaired) electrons. The molecule has 0 saturated heterocycles. The number of amides is 2. The number of alkyl halides is 3. The molecular weight excluding hydrogens is 375 g/mol. The lowest BCUT2D eigenvalue weighted by Gasteiger charge is -2.20. The minimum atomic E-state index is -3.92. The van der Waals surface area contributed by atoms with E-state index in [1.54, 1.807) is 6.92 Å². The zero-order chi connectivity index (χ0) is 20.9. The van der Waals surface area contributed by atoms with Crippen LogP contribution < -0.4 is 15.4 Å². The fraction of sp³-hybridized carbons (Fsp3) is 0.316. The van der Waals surface area contributed by atoms with Gasteiger partial charge in [0.15, 0.2) is 0 Å². The van der Waals surface area contributed by atoms with Gasteiger partial charge in [-0.2, -0.15) is 8.78 Å². The summed E-state index contributed by atoms with van der Waals surface area (Å²) in [6, 6.07) is 8.01. The number of carbonyl (C=O) groups is 2. The van der Waals surface area contributed by atoms with Crippen LogP contribution in [0.1, 0.15) is 42.7 Å². The SMILES string of the molecule is CC(=O)Nc1cc(C(=O)NC(C)c2ccc(OC(F)(F)[C@@H](C)F)cc2)ccn1. The number of anilines is 1. The molecular formula is C19H20F3N3O3. The summed E-state index contributed by atoms with van der Waals surface area (Å²) in [5, 5.41) is 5.24. The third kappa shape index (κ3) is 5.70. The third-order valence-electron chi connectivity index (χ3n) is 3.77. The van der Waals surface area contributed by atoms with Gasteiger partial charge in [0.1, 0.15) is 11.6 Å². The maximum Gasteiger partial charge on any atom is 0.429 e. The van der Waals surface area contributed by atoms with Gasteiger partial charge in [-0.05, 0) is 43.7 Å². The Morgan fingerprint density at radius 2 is 1.79 bits per heavy atom. The molecule has 28 heavy (non-hydrogen) atoms. The van der Waals surface area contributed by atoms with Gasteiger partial charge in [0.05, 0.1) is 6.04 Å². The summed E-state index contributed by atoms with van der Waals surface area (Å²) < 4.78 is 43.7. The van der Waals surface area contributed by atoms with E-state index in [0.717, 1.165) is 0 Å². The lowest BCUT2D eigenvalue weighted by molar-refractivity contribution is -0.215. The van der Waals surface area contributed by atoms with Crippen molar-refractivity contribution in [1.29, 1.82) is 0 Å². The van der Waals surface area contributed by atoms with E-state index in [9.17, 15) is 22.8 Å². The van der Waals surface area contributed by atoms with Crippen molar-refractivity contribution in [3.8, 4) is 5.75 Å². The average molecular weight is 395 g/mol. The first-order valence-electron chi connectivity index (χ1n) is 8.44. The Labute approximate surface area is 160 Å². The monoisotopic (exact) mass is 395 g/mol. The van der Waals surface area contributed by atoms with E-state index in [-0.39, 0.29) is 17.5 Å². The minimum Gasteiger partial charge on any atom is -0.430 e. The summed E-state index contributed by atoms with van der Waals surface area (Å²) in [5.41, 5.74) is 0.926. The summed E-state index contributed by atoms with van der Waals surface area (Å²) in [6.45, 7) is 3.75. The van der Waals surface area contributed by atoms with Crippen LogP contribution in [0.3, 0.4) is 0 Å². The van der Waals surface area contributed by atoms with Crippen LogP contribution in [0.5, 0.6) is 5.75 Å². The van der Waals surface area contributed by atoms with Crippen molar-refractivity contribution in [3.05, 3.63) is 53.7 Å². The molecule has 0 spiro atoms. The molecule has 1 aromatic heterocycles. The van der Waals surface area contributed by atoms with Gasteiger partial charge in [-0.15, -0.1) is 0 Å². The van der Waals surface area contributed by atoms with Gasteiger partial charge in [0.25, 0.3) is 5.91 Å². The van der Waals surface area contributed by atoms with E-state index in [2.05, 4.69) is 20.4 Å². The zero-order valence-corrected chi connectivity index (χ0v) is 15.5. The van der Waals surface area contributed by atoms with Gasteiger partial charge in [0, 0.05) is 18.7 Å².